The lowest BCUT2D eigenvalue weighted by Crippen LogP contribution is -2.20. The largest absolute Gasteiger partial charge is 0.324 e. The Morgan fingerprint density at radius 3 is 2.71 bits per heavy atom. The van der Waals surface area contributed by atoms with Crippen molar-refractivity contribution in [3.63, 3.8) is 0 Å². The van der Waals surface area contributed by atoms with E-state index in [9.17, 15) is 9.18 Å². The van der Waals surface area contributed by atoms with Crippen molar-refractivity contribution in [1.29, 1.82) is 0 Å². The molecule has 0 aliphatic carbocycles. The summed E-state index contributed by atoms with van der Waals surface area (Å²) in [4.78, 5) is 16.5. The molecule has 0 saturated heterocycles. The number of amides is 1. The average molecular weight is 436 g/mol. The molecule has 1 amide bonds. The second-order valence-electron chi connectivity index (χ2n) is 5.21. The second-order valence-corrected chi connectivity index (χ2v) is 6.45. The summed E-state index contributed by atoms with van der Waals surface area (Å²) in [5.74, 6) is 0.522. The fourth-order valence-corrected chi connectivity index (χ4v) is 2.55. The monoisotopic (exact) mass is 436 g/mol. The molecule has 7 heteroatoms. The number of rotatable bonds is 4. The molecule has 0 spiro atoms. The van der Waals surface area contributed by atoms with Gasteiger partial charge in [0.25, 0.3) is 0 Å². The highest BCUT2D eigenvalue weighted by molar-refractivity contribution is 14.1. The van der Waals surface area contributed by atoms with E-state index in [1.807, 2.05) is 24.3 Å². The van der Waals surface area contributed by atoms with Crippen molar-refractivity contribution in [1.82, 2.24) is 14.8 Å². The summed E-state index contributed by atoms with van der Waals surface area (Å²) in [7, 11) is 0. The maximum Gasteiger partial charge on any atom is 0.246 e. The molecule has 0 fully saturated rings. The lowest BCUT2D eigenvalue weighted by molar-refractivity contribution is -0.116. The van der Waals surface area contributed by atoms with Crippen LogP contribution in [0.15, 0.2) is 48.5 Å². The number of benzene rings is 2. The van der Waals surface area contributed by atoms with Crippen LogP contribution in [-0.2, 0) is 11.3 Å². The van der Waals surface area contributed by atoms with Gasteiger partial charge in [-0.05, 0) is 59.8 Å². The Bertz CT molecular complexity index is 877. The van der Waals surface area contributed by atoms with Crippen LogP contribution in [0, 0.1) is 16.3 Å². The van der Waals surface area contributed by atoms with Crippen molar-refractivity contribution >= 4 is 34.2 Å². The summed E-state index contributed by atoms with van der Waals surface area (Å²) in [6, 6.07) is 13.6. The molecule has 0 unspecified atom stereocenters. The van der Waals surface area contributed by atoms with Crippen molar-refractivity contribution < 1.29 is 9.18 Å². The molecule has 0 saturated carbocycles. The van der Waals surface area contributed by atoms with Gasteiger partial charge in [0.2, 0.25) is 5.91 Å². The topological polar surface area (TPSA) is 59.8 Å². The zero-order valence-electron chi connectivity index (χ0n) is 12.8. The Kier molecular flexibility index (Phi) is 4.89. The molecule has 3 rings (SSSR count). The Morgan fingerprint density at radius 2 is 2.00 bits per heavy atom. The fourth-order valence-electron chi connectivity index (χ4n) is 2.19. The van der Waals surface area contributed by atoms with E-state index in [4.69, 9.17) is 0 Å². The number of aromatic nitrogens is 3. The van der Waals surface area contributed by atoms with Crippen LogP contribution in [0.25, 0.3) is 11.4 Å². The van der Waals surface area contributed by atoms with E-state index >= 15 is 0 Å². The highest BCUT2D eigenvalue weighted by Crippen LogP contribution is 2.17. The van der Waals surface area contributed by atoms with Gasteiger partial charge in [0, 0.05) is 14.8 Å². The zero-order valence-corrected chi connectivity index (χ0v) is 15.0. The number of carbonyl (C=O) groups is 1. The number of aryl methyl sites for hydroxylation is 1. The summed E-state index contributed by atoms with van der Waals surface area (Å²) in [6.45, 7) is 1.80. The summed E-state index contributed by atoms with van der Waals surface area (Å²) >= 11 is 2.23. The summed E-state index contributed by atoms with van der Waals surface area (Å²) in [5, 5.41) is 7.02. The van der Waals surface area contributed by atoms with Gasteiger partial charge in [-0.15, -0.1) is 0 Å². The van der Waals surface area contributed by atoms with Gasteiger partial charge in [-0.2, -0.15) is 5.10 Å². The minimum absolute atomic E-state index is 0.0136. The molecule has 3 aromatic rings. The van der Waals surface area contributed by atoms with Gasteiger partial charge in [-0.1, -0.05) is 18.2 Å². The first-order valence-corrected chi connectivity index (χ1v) is 8.32. The third-order valence-electron chi connectivity index (χ3n) is 3.36. The Hall–Kier alpha value is -2.29. The number of anilines is 1. The quantitative estimate of drug-likeness (QED) is 0.636. The molecule has 0 radical (unpaired) electrons. The number of hydrogen-bond acceptors (Lipinski definition) is 3. The van der Waals surface area contributed by atoms with E-state index < -0.39 is 5.82 Å². The third-order valence-corrected chi connectivity index (χ3v) is 4.08. The number of hydrogen-bond donors (Lipinski definition) is 1. The molecule has 1 aromatic heterocycles. The van der Waals surface area contributed by atoms with Crippen LogP contribution in [-0.4, -0.2) is 20.7 Å². The minimum atomic E-state index is -0.397. The van der Waals surface area contributed by atoms with Gasteiger partial charge in [0.1, 0.15) is 18.2 Å². The van der Waals surface area contributed by atoms with E-state index in [1.165, 1.54) is 16.8 Å². The predicted octanol–water partition coefficient (Wildman–Crippen LogP) is 3.64. The molecule has 1 heterocycles. The number of nitrogens with one attached hydrogen (secondary N) is 1. The number of carbonyl (C=O) groups excluding carboxylic acids is 1. The van der Waals surface area contributed by atoms with Gasteiger partial charge >= 0.3 is 0 Å². The van der Waals surface area contributed by atoms with Crippen LogP contribution in [0.4, 0.5) is 10.1 Å². The maximum atomic E-state index is 13.1. The fraction of sp³-hybridized carbons (Fsp3) is 0.118. The first-order valence-electron chi connectivity index (χ1n) is 7.24. The molecular formula is C17H14FIN4O. The second kappa shape index (κ2) is 7.08. The number of nitrogens with zero attached hydrogens (tertiary/aromatic N) is 3. The van der Waals surface area contributed by atoms with Crippen LogP contribution >= 0.6 is 22.6 Å². The smallest absolute Gasteiger partial charge is 0.246 e. The summed E-state index contributed by atoms with van der Waals surface area (Å²) in [5.41, 5.74) is 1.30. The van der Waals surface area contributed by atoms with Crippen LogP contribution in [0.2, 0.25) is 0 Å². The molecule has 122 valence electrons. The van der Waals surface area contributed by atoms with Crippen LogP contribution in [0.5, 0.6) is 0 Å². The van der Waals surface area contributed by atoms with Gasteiger partial charge < -0.3 is 5.32 Å². The van der Waals surface area contributed by atoms with Gasteiger partial charge in [-0.3, -0.25) is 4.79 Å². The highest BCUT2D eigenvalue weighted by atomic mass is 127. The lowest BCUT2D eigenvalue weighted by Gasteiger charge is -2.06. The van der Waals surface area contributed by atoms with Gasteiger partial charge in [-0.25, -0.2) is 14.1 Å². The maximum absolute atomic E-state index is 13.1. The van der Waals surface area contributed by atoms with Crippen molar-refractivity contribution in [3.05, 3.63) is 63.7 Å². The molecule has 5 nitrogen and oxygen atoms in total. The summed E-state index contributed by atoms with van der Waals surface area (Å²) < 4.78 is 15.8. The lowest BCUT2D eigenvalue weighted by atomic mass is 10.2. The SMILES string of the molecule is Cc1nc(-c2ccc(I)cc2)nn1CC(=O)Nc1cccc(F)c1. The highest BCUT2D eigenvalue weighted by Gasteiger charge is 2.12. The molecule has 0 atom stereocenters. The van der Waals surface area contributed by atoms with Crippen molar-refractivity contribution in [2.75, 3.05) is 5.32 Å². The summed E-state index contributed by atoms with van der Waals surface area (Å²) in [6.07, 6.45) is 0. The Balaban J connectivity index is 1.73. The molecule has 24 heavy (non-hydrogen) atoms. The van der Waals surface area contributed by atoms with E-state index in [0.717, 1.165) is 9.13 Å². The molecule has 0 bridgehead atoms. The third kappa shape index (κ3) is 3.97. The van der Waals surface area contributed by atoms with Crippen molar-refractivity contribution in [2.45, 2.75) is 13.5 Å². The van der Waals surface area contributed by atoms with Crippen LogP contribution in [0.3, 0.4) is 0 Å². The van der Waals surface area contributed by atoms with Crippen molar-refractivity contribution in [2.24, 2.45) is 0 Å². The minimum Gasteiger partial charge on any atom is -0.324 e. The van der Waals surface area contributed by atoms with E-state index in [0.29, 0.717) is 17.3 Å². The van der Waals surface area contributed by atoms with E-state index in [-0.39, 0.29) is 12.5 Å². The van der Waals surface area contributed by atoms with E-state index in [2.05, 4.69) is 38.0 Å². The predicted molar refractivity (Wildman–Crippen MR) is 97.9 cm³/mol. The van der Waals surface area contributed by atoms with Crippen LogP contribution < -0.4 is 5.32 Å². The first kappa shape index (κ1) is 16.6. The Morgan fingerprint density at radius 1 is 1.25 bits per heavy atom. The van der Waals surface area contributed by atoms with Crippen LogP contribution in [0.1, 0.15) is 5.82 Å². The number of halogens is 2. The van der Waals surface area contributed by atoms with Gasteiger partial charge in [0.05, 0.1) is 0 Å². The Labute approximate surface area is 152 Å². The standard InChI is InChI=1S/C17H14FIN4O/c1-11-20-17(12-5-7-14(19)8-6-12)22-23(11)10-16(24)21-15-4-2-3-13(18)9-15/h2-9H,10H2,1H3,(H,21,24). The van der Waals surface area contributed by atoms with Gasteiger partial charge in [0.15, 0.2) is 5.82 Å². The molecule has 1 N–H and O–H groups in total. The first-order chi connectivity index (χ1) is 11.5. The van der Waals surface area contributed by atoms with E-state index in [1.54, 1.807) is 19.1 Å². The van der Waals surface area contributed by atoms with Crippen molar-refractivity contribution in [3.8, 4) is 11.4 Å². The molecule has 2 aromatic carbocycles. The normalized spacial score (nSPS) is 10.6. The molecule has 0 aliphatic heterocycles. The average Bonchev–Trinajstić information content (AvgIpc) is 2.89. The molecule has 0 aliphatic rings. The zero-order chi connectivity index (χ0) is 17.1. The molecular weight excluding hydrogens is 422 g/mol.